The second-order valence-electron chi connectivity index (χ2n) is 21.1. The van der Waals surface area contributed by atoms with Gasteiger partial charge in [-0.25, -0.2) is 0 Å². The van der Waals surface area contributed by atoms with E-state index >= 15 is 0 Å². The normalized spacial score (nSPS) is 12.7. The first-order chi connectivity index (χ1) is 39.2. The number of para-hydroxylation sites is 6. The number of benzene rings is 13. The molecule has 0 saturated heterocycles. The highest BCUT2D eigenvalue weighted by molar-refractivity contribution is 7.00. The molecule has 0 N–H and O–H groups in total. The molecule has 2 aliphatic rings. The van der Waals surface area contributed by atoms with Crippen LogP contribution in [0.4, 0.5) is 34.1 Å². The Morgan fingerprint density at radius 3 is 0.924 bits per heavy atom. The van der Waals surface area contributed by atoms with Gasteiger partial charge in [-0.3, -0.25) is 0 Å². The summed E-state index contributed by atoms with van der Waals surface area (Å²) in [7, 11) is 0. The number of hydrogen-bond donors (Lipinski definition) is 0. The highest BCUT2D eigenvalue weighted by atomic mass is 15.2. The van der Waals surface area contributed by atoms with Crippen LogP contribution in [0.1, 0.15) is 0 Å². The number of fused-ring (bicyclic) bond motifs is 12. The Labute approximate surface area is 457 Å². The van der Waals surface area contributed by atoms with Crippen molar-refractivity contribution in [3.05, 3.63) is 285 Å². The van der Waals surface area contributed by atoms with Crippen molar-refractivity contribution >= 4 is 122 Å². The van der Waals surface area contributed by atoms with Gasteiger partial charge in [0.15, 0.2) is 0 Å². The van der Waals surface area contributed by atoms with E-state index in [1.54, 1.807) is 0 Å². The van der Waals surface area contributed by atoms with Crippen LogP contribution in [0.2, 0.25) is 0 Å². The molecule has 0 fully saturated rings. The number of aromatic nitrogens is 2. The summed E-state index contributed by atoms with van der Waals surface area (Å²) in [6.45, 7) is -0.114. The Morgan fingerprint density at radius 2 is 0.544 bits per heavy atom. The minimum Gasteiger partial charge on any atom is -0.311 e. The van der Waals surface area contributed by atoms with E-state index < -0.39 is 0 Å². The minimum absolute atomic E-state index is 0.114. The average molecular weight is 1000 g/mol. The maximum Gasteiger partial charge on any atom is 0.252 e. The van der Waals surface area contributed by atoms with E-state index in [2.05, 4.69) is 304 Å². The van der Waals surface area contributed by atoms with Crippen molar-refractivity contribution in [1.29, 1.82) is 0 Å². The fourth-order valence-corrected chi connectivity index (χ4v) is 13.9. The molecule has 4 heterocycles. The van der Waals surface area contributed by atoms with Gasteiger partial charge in [-0.1, -0.05) is 200 Å². The topological polar surface area (TPSA) is 16.3 Å². The molecule has 0 bridgehead atoms. The van der Waals surface area contributed by atoms with Crippen LogP contribution in [-0.2, 0) is 0 Å². The standard InChI is InChI=1S/C74H47BN4/c1-4-22-48(23-5-1)72-58-32-10-12-34-60(58)73(61-35-13-11-33-59(61)72)49-44-70-74-71(45-49)77(51-26-8-3-9-27-51)69-47-53(79-66-38-20-16-30-56(66)57-31-17-21-39-67(57)79)41-43-63(69)75(74)62-42-40-52(46-68(62)76(70)50-24-6-2-7-25-50)78-64-36-18-14-28-54(64)55-29-15-19-37-65(55)78/h1-47H. The zero-order valence-corrected chi connectivity index (χ0v) is 43.0. The number of anilines is 6. The highest BCUT2D eigenvalue weighted by Gasteiger charge is 2.44. The van der Waals surface area contributed by atoms with Crippen LogP contribution in [-0.4, -0.2) is 15.8 Å². The van der Waals surface area contributed by atoms with Gasteiger partial charge in [-0.2, -0.15) is 0 Å². The first-order valence-corrected chi connectivity index (χ1v) is 27.4. The number of hydrogen-bond acceptors (Lipinski definition) is 2. The molecule has 0 unspecified atom stereocenters. The molecule has 0 aliphatic carbocycles. The molecule has 5 heteroatoms. The van der Waals surface area contributed by atoms with E-state index in [1.165, 1.54) is 98.2 Å². The Morgan fingerprint density at radius 1 is 0.228 bits per heavy atom. The zero-order chi connectivity index (χ0) is 51.7. The second-order valence-corrected chi connectivity index (χ2v) is 21.1. The van der Waals surface area contributed by atoms with Gasteiger partial charge in [0.25, 0.3) is 6.71 Å². The van der Waals surface area contributed by atoms with Crippen molar-refractivity contribution in [3.8, 4) is 33.6 Å². The van der Waals surface area contributed by atoms with Gasteiger partial charge in [-0.05, 0) is 145 Å². The predicted octanol–water partition coefficient (Wildman–Crippen LogP) is 17.6. The molecule has 0 atom stereocenters. The lowest BCUT2D eigenvalue weighted by Crippen LogP contribution is -2.61. The second kappa shape index (κ2) is 17.1. The maximum atomic E-state index is 2.56. The van der Waals surface area contributed by atoms with E-state index in [-0.39, 0.29) is 6.71 Å². The smallest absolute Gasteiger partial charge is 0.252 e. The van der Waals surface area contributed by atoms with Gasteiger partial charge in [0, 0.05) is 67.0 Å². The average Bonchev–Trinajstić information content (AvgIpc) is 3.98. The summed E-state index contributed by atoms with van der Waals surface area (Å²) in [5, 5.41) is 9.88. The summed E-state index contributed by atoms with van der Waals surface area (Å²) in [6, 6.07) is 106. The third-order valence-corrected chi connectivity index (χ3v) is 17.0. The molecule has 366 valence electrons. The lowest BCUT2D eigenvalue weighted by atomic mass is 9.33. The van der Waals surface area contributed by atoms with Crippen molar-refractivity contribution < 1.29 is 0 Å². The first-order valence-electron chi connectivity index (χ1n) is 27.4. The molecule has 2 aromatic heterocycles. The van der Waals surface area contributed by atoms with Gasteiger partial charge in [-0.15, -0.1) is 0 Å². The van der Waals surface area contributed by atoms with E-state index in [9.17, 15) is 0 Å². The van der Waals surface area contributed by atoms with Gasteiger partial charge < -0.3 is 18.9 Å². The molecule has 0 radical (unpaired) electrons. The molecule has 79 heavy (non-hydrogen) atoms. The minimum atomic E-state index is -0.114. The van der Waals surface area contributed by atoms with Crippen molar-refractivity contribution in [2.45, 2.75) is 0 Å². The Bertz CT molecular complexity index is 4590. The molecule has 4 nitrogen and oxygen atoms in total. The number of rotatable bonds is 6. The largest absolute Gasteiger partial charge is 0.311 e. The Hall–Kier alpha value is -10.4. The fraction of sp³-hybridized carbons (Fsp3) is 0. The summed E-state index contributed by atoms with van der Waals surface area (Å²) < 4.78 is 4.92. The summed E-state index contributed by atoms with van der Waals surface area (Å²) in [6.07, 6.45) is 0. The third kappa shape index (κ3) is 6.39. The van der Waals surface area contributed by atoms with Gasteiger partial charge in [0.1, 0.15) is 0 Å². The monoisotopic (exact) mass is 1000 g/mol. The lowest BCUT2D eigenvalue weighted by Gasteiger charge is -2.44. The van der Waals surface area contributed by atoms with E-state index in [4.69, 9.17) is 0 Å². The van der Waals surface area contributed by atoms with Crippen LogP contribution < -0.4 is 26.2 Å². The molecule has 2 aliphatic heterocycles. The molecular weight excluding hydrogens is 956 g/mol. The maximum absolute atomic E-state index is 2.56. The van der Waals surface area contributed by atoms with Crippen molar-refractivity contribution in [1.82, 2.24) is 9.13 Å². The molecule has 15 aromatic rings. The summed E-state index contributed by atoms with van der Waals surface area (Å²) >= 11 is 0. The van der Waals surface area contributed by atoms with Crippen molar-refractivity contribution in [2.24, 2.45) is 0 Å². The Kier molecular flexibility index (Phi) is 9.48. The summed E-state index contributed by atoms with van der Waals surface area (Å²) in [4.78, 5) is 5.13. The fourth-order valence-electron chi connectivity index (χ4n) is 13.9. The highest BCUT2D eigenvalue weighted by Crippen LogP contribution is 2.50. The predicted molar refractivity (Wildman–Crippen MR) is 335 cm³/mol. The van der Waals surface area contributed by atoms with Gasteiger partial charge in [0.2, 0.25) is 0 Å². The lowest BCUT2D eigenvalue weighted by molar-refractivity contribution is 1.17. The SMILES string of the molecule is c1ccc(-c2c3ccccc3c(-c3cc4c5c(c3)N(c3ccccc3)c3cc(-n6c7ccccc7c7ccccc76)ccc3B5c3ccc(-n5c6ccccc6c6ccccc65)cc3N4c3ccccc3)c3ccccc23)cc1. The zero-order valence-electron chi connectivity index (χ0n) is 43.0. The van der Waals surface area contributed by atoms with Crippen LogP contribution in [0, 0.1) is 0 Å². The van der Waals surface area contributed by atoms with E-state index in [0.29, 0.717) is 0 Å². The molecule has 0 spiro atoms. The Balaban J connectivity index is 1.01. The molecule has 13 aromatic carbocycles. The first kappa shape index (κ1) is 43.8. The quantitative estimate of drug-likeness (QED) is 0.122. The van der Waals surface area contributed by atoms with Crippen molar-refractivity contribution in [3.63, 3.8) is 0 Å². The summed E-state index contributed by atoms with van der Waals surface area (Å²) in [5.74, 6) is 0. The van der Waals surface area contributed by atoms with Crippen LogP contribution >= 0.6 is 0 Å². The van der Waals surface area contributed by atoms with Gasteiger partial charge >= 0.3 is 0 Å². The van der Waals surface area contributed by atoms with Crippen LogP contribution in [0.25, 0.3) is 98.8 Å². The number of nitrogens with zero attached hydrogens (tertiary/aromatic N) is 4. The van der Waals surface area contributed by atoms with Crippen LogP contribution in [0.15, 0.2) is 285 Å². The molecule has 17 rings (SSSR count). The van der Waals surface area contributed by atoms with E-state index in [0.717, 1.165) is 51.1 Å². The van der Waals surface area contributed by atoms with Crippen LogP contribution in [0.5, 0.6) is 0 Å². The van der Waals surface area contributed by atoms with Gasteiger partial charge in [0.05, 0.1) is 22.1 Å². The molecule has 0 saturated carbocycles. The molecular formula is C74H47BN4. The van der Waals surface area contributed by atoms with Crippen LogP contribution in [0.3, 0.4) is 0 Å². The van der Waals surface area contributed by atoms with E-state index in [1.807, 2.05) is 0 Å². The third-order valence-electron chi connectivity index (χ3n) is 17.0. The summed E-state index contributed by atoms with van der Waals surface area (Å²) in [5.41, 5.74) is 22.5. The van der Waals surface area contributed by atoms with Crippen molar-refractivity contribution in [2.75, 3.05) is 9.80 Å². The molecule has 0 amide bonds.